The van der Waals surface area contributed by atoms with Crippen molar-refractivity contribution in [1.29, 1.82) is 0 Å². The SMILES string of the molecule is C=CO.CC(C)c1cccc(C(C)C)c1[NH-].CC(CC(C)[N-]c1c(C(C)C)cccc1C(C)C)[N-]c1c(C(C)C)cccc1C(C)C.[Sc+3]. The molecule has 0 aliphatic rings. The van der Waals surface area contributed by atoms with Crippen LogP contribution in [-0.2, 0) is 25.8 Å². The first-order valence-corrected chi connectivity index (χ1v) is 17.7. The van der Waals surface area contributed by atoms with E-state index in [4.69, 9.17) is 21.5 Å². The summed E-state index contributed by atoms with van der Waals surface area (Å²) < 4.78 is 0. The van der Waals surface area contributed by atoms with E-state index >= 15 is 0 Å². The topological polar surface area (TPSA) is 72.2 Å². The molecule has 48 heavy (non-hydrogen) atoms. The number of hydrogen-bond acceptors (Lipinski definition) is 1. The van der Waals surface area contributed by atoms with E-state index in [1.165, 1.54) is 33.6 Å². The molecule has 0 spiro atoms. The van der Waals surface area contributed by atoms with E-state index in [-0.39, 0.29) is 37.9 Å². The number of rotatable bonds is 12. The van der Waals surface area contributed by atoms with E-state index in [0.29, 0.717) is 35.5 Å². The number of hydrogen-bond donors (Lipinski definition) is 1. The van der Waals surface area contributed by atoms with Crippen molar-refractivity contribution < 1.29 is 30.9 Å². The Morgan fingerprint density at radius 1 is 0.521 bits per heavy atom. The summed E-state index contributed by atoms with van der Waals surface area (Å²) in [5, 5.41) is 17.8. The predicted octanol–water partition coefficient (Wildman–Crippen LogP) is 15.4. The second kappa shape index (κ2) is 22.2. The van der Waals surface area contributed by atoms with Crippen LogP contribution in [0.4, 0.5) is 17.1 Å². The van der Waals surface area contributed by atoms with Gasteiger partial charge in [0.1, 0.15) is 0 Å². The van der Waals surface area contributed by atoms with Gasteiger partial charge in [0.15, 0.2) is 0 Å². The molecule has 0 radical (unpaired) electrons. The third-order valence-electron chi connectivity index (χ3n) is 8.44. The summed E-state index contributed by atoms with van der Waals surface area (Å²) in [7, 11) is 0. The van der Waals surface area contributed by atoms with Crippen LogP contribution in [-0.4, -0.2) is 17.2 Å². The summed E-state index contributed by atoms with van der Waals surface area (Å²) in [6.45, 7) is 34.0. The number of aliphatic hydroxyl groups is 1. The Kier molecular flexibility index (Phi) is 21.1. The maximum absolute atomic E-state index is 8.01. The maximum Gasteiger partial charge on any atom is 3.00 e. The molecular formula is C43H66N3OSc. The fourth-order valence-electron chi connectivity index (χ4n) is 5.91. The van der Waals surface area contributed by atoms with Gasteiger partial charge in [0.25, 0.3) is 0 Å². The molecule has 3 aromatic rings. The summed E-state index contributed by atoms with van der Waals surface area (Å²) in [6.07, 6.45) is 1.70. The van der Waals surface area contributed by atoms with Gasteiger partial charge in [0, 0.05) is 0 Å². The second-order valence-electron chi connectivity index (χ2n) is 14.7. The molecule has 0 saturated heterocycles. The quantitative estimate of drug-likeness (QED) is 0.189. The van der Waals surface area contributed by atoms with Crippen LogP contribution in [0.15, 0.2) is 67.4 Å². The third-order valence-corrected chi connectivity index (χ3v) is 8.44. The van der Waals surface area contributed by atoms with Gasteiger partial charge < -0.3 is 21.5 Å². The Morgan fingerprint density at radius 3 is 0.938 bits per heavy atom. The first-order valence-electron chi connectivity index (χ1n) is 17.7. The molecule has 2 N–H and O–H groups in total. The van der Waals surface area contributed by atoms with Crippen LogP contribution in [0.1, 0.15) is 172 Å². The molecule has 3 rings (SSSR count). The Bertz CT molecular complexity index is 1210. The van der Waals surface area contributed by atoms with E-state index in [0.717, 1.165) is 29.5 Å². The minimum atomic E-state index is 0. The zero-order valence-corrected chi connectivity index (χ0v) is 34.5. The van der Waals surface area contributed by atoms with Crippen LogP contribution in [0.5, 0.6) is 0 Å². The standard InChI is InChI=1S/C29H44N2.C12H18N.C2H4O.Sc/c1-18(2)24-13-11-14-25(19(3)4)28(24)30-22(9)17-23(10)31-29-26(20(5)6)15-12-16-27(29)21(7)8;1-8(2)10-6-5-7-11(9(3)4)12(10)13;1-2-3;/h11-16,18-23H,17H2,1-10H3;5-9,13H,1-4H3;2-3H,1H2;/q-2;-1;;+3. The fourth-order valence-corrected chi connectivity index (χ4v) is 5.91. The van der Waals surface area contributed by atoms with E-state index < -0.39 is 0 Å². The molecule has 0 aliphatic heterocycles. The van der Waals surface area contributed by atoms with E-state index in [9.17, 15) is 0 Å². The van der Waals surface area contributed by atoms with Crippen molar-refractivity contribution in [3.8, 4) is 0 Å². The smallest absolute Gasteiger partial charge is 0.698 e. The normalized spacial score (nSPS) is 12.2. The van der Waals surface area contributed by atoms with Crippen molar-refractivity contribution in [1.82, 2.24) is 0 Å². The van der Waals surface area contributed by atoms with Crippen LogP contribution in [0.3, 0.4) is 0 Å². The maximum atomic E-state index is 8.01. The van der Waals surface area contributed by atoms with E-state index in [1.54, 1.807) is 0 Å². The van der Waals surface area contributed by atoms with Crippen LogP contribution >= 0.6 is 0 Å². The van der Waals surface area contributed by atoms with Gasteiger partial charge in [-0.25, -0.2) is 0 Å². The Hall–Kier alpha value is -2.53. The van der Waals surface area contributed by atoms with Gasteiger partial charge >= 0.3 is 25.8 Å². The molecule has 0 heterocycles. The predicted molar refractivity (Wildman–Crippen MR) is 210 cm³/mol. The van der Waals surface area contributed by atoms with Gasteiger partial charge in [-0.3, -0.25) is 0 Å². The number of benzene rings is 3. The minimum Gasteiger partial charge on any atom is -0.698 e. The number of nitrogens with one attached hydrogen (secondary N) is 1. The number of aliphatic hydroxyl groups excluding tert-OH is 1. The second-order valence-corrected chi connectivity index (χ2v) is 14.7. The Labute approximate surface area is 314 Å². The average molecular weight is 686 g/mol. The molecule has 0 fully saturated rings. The van der Waals surface area contributed by atoms with Gasteiger partial charge in [0.05, 0.1) is 6.26 Å². The third kappa shape index (κ3) is 13.8. The summed E-state index contributed by atoms with van der Waals surface area (Å²) in [6, 6.07) is 19.9. The number of para-hydroxylation sites is 2. The van der Waals surface area contributed by atoms with Crippen molar-refractivity contribution in [3.63, 3.8) is 0 Å². The molecule has 3 aromatic carbocycles. The summed E-state index contributed by atoms with van der Waals surface area (Å²) in [4.78, 5) is 0. The van der Waals surface area contributed by atoms with Gasteiger partial charge in [-0.05, 0) is 35.5 Å². The first kappa shape index (κ1) is 45.5. The van der Waals surface area contributed by atoms with E-state index in [1.807, 2.05) is 0 Å². The largest absolute Gasteiger partial charge is 3.00 e. The first-order chi connectivity index (χ1) is 22.0. The van der Waals surface area contributed by atoms with Crippen LogP contribution in [0.2, 0.25) is 0 Å². The van der Waals surface area contributed by atoms with Gasteiger partial charge in [0.2, 0.25) is 0 Å². The zero-order valence-electron chi connectivity index (χ0n) is 32.7. The molecule has 2 atom stereocenters. The Morgan fingerprint density at radius 2 is 0.729 bits per heavy atom. The summed E-state index contributed by atoms with van der Waals surface area (Å²) in [5.74, 6) is 2.78. The molecule has 0 amide bonds. The zero-order chi connectivity index (χ0) is 36.0. The van der Waals surface area contributed by atoms with Crippen molar-refractivity contribution in [3.05, 3.63) is 117 Å². The Balaban J connectivity index is 0.00000108. The molecular weight excluding hydrogens is 619 g/mol. The van der Waals surface area contributed by atoms with Crippen molar-refractivity contribution in [2.45, 2.75) is 151 Å². The van der Waals surface area contributed by atoms with Crippen LogP contribution < -0.4 is 0 Å². The van der Waals surface area contributed by atoms with Crippen LogP contribution in [0, 0.1) is 0 Å². The average Bonchev–Trinajstić information content (AvgIpc) is 2.97. The van der Waals surface area contributed by atoms with E-state index in [2.05, 4.69) is 158 Å². The van der Waals surface area contributed by atoms with Gasteiger partial charge in [-0.15, -0.1) is 29.1 Å². The molecule has 0 saturated carbocycles. The monoisotopic (exact) mass is 685 g/mol. The minimum absolute atomic E-state index is 0. The molecule has 0 bridgehead atoms. The molecule has 0 aliphatic carbocycles. The van der Waals surface area contributed by atoms with Crippen LogP contribution in [0.25, 0.3) is 16.4 Å². The summed E-state index contributed by atoms with van der Waals surface area (Å²) in [5.41, 5.74) is 18.9. The molecule has 0 aromatic heterocycles. The van der Waals surface area contributed by atoms with Gasteiger partial charge in [-0.2, -0.15) is 0 Å². The molecule has 4 nitrogen and oxygen atoms in total. The molecule has 5 heteroatoms. The fraction of sp³-hybridized carbons (Fsp3) is 0.535. The van der Waals surface area contributed by atoms with Gasteiger partial charge in [-0.1, -0.05) is 198 Å². The molecule has 262 valence electrons. The van der Waals surface area contributed by atoms with Crippen molar-refractivity contribution in [2.24, 2.45) is 0 Å². The number of nitrogens with zero attached hydrogens (tertiary/aromatic N) is 2. The van der Waals surface area contributed by atoms with Crippen molar-refractivity contribution in [2.75, 3.05) is 0 Å². The van der Waals surface area contributed by atoms with Crippen molar-refractivity contribution >= 4 is 17.1 Å². The summed E-state index contributed by atoms with van der Waals surface area (Å²) >= 11 is 0. The molecule has 2 unspecified atom stereocenters.